The van der Waals surface area contributed by atoms with Crippen molar-refractivity contribution >= 4 is 33.4 Å². The molecule has 0 radical (unpaired) electrons. The van der Waals surface area contributed by atoms with Crippen molar-refractivity contribution in [1.82, 2.24) is 5.32 Å². The zero-order chi connectivity index (χ0) is 11.7. The summed E-state index contributed by atoms with van der Waals surface area (Å²) in [6, 6.07) is 3.73. The van der Waals surface area contributed by atoms with Gasteiger partial charge in [0.15, 0.2) is 0 Å². The van der Waals surface area contributed by atoms with E-state index in [0.29, 0.717) is 10.2 Å². The number of anilines is 1. The van der Waals surface area contributed by atoms with E-state index < -0.39 is 6.04 Å². The smallest absolute Gasteiger partial charge is 0.249 e. The lowest BCUT2D eigenvalue weighted by molar-refractivity contribution is -0.124. The molecule has 0 aromatic heterocycles. The summed E-state index contributed by atoms with van der Waals surface area (Å²) in [5.41, 5.74) is 0.586. The molecule has 0 bridgehead atoms. The summed E-state index contributed by atoms with van der Waals surface area (Å²) in [4.78, 5) is 22.2. The van der Waals surface area contributed by atoms with Crippen molar-refractivity contribution < 1.29 is 14.0 Å². The standard InChI is InChI=1S/C10H8BrFN2O2/c11-6-3-5(1-2-7(6)12)13-8-4-9(15)14-10(8)16/h1-3,8,13H,4H2,(H,14,15,16). The Hall–Kier alpha value is -1.43. The average molecular weight is 287 g/mol. The first-order valence-corrected chi connectivity index (χ1v) is 5.41. The van der Waals surface area contributed by atoms with Crippen molar-refractivity contribution in [3.8, 4) is 0 Å². The van der Waals surface area contributed by atoms with Crippen LogP contribution in [0.3, 0.4) is 0 Å². The Morgan fingerprint density at radius 3 is 2.75 bits per heavy atom. The Balaban J connectivity index is 2.12. The molecule has 6 heteroatoms. The molecule has 2 amide bonds. The van der Waals surface area contributed by atoms with Gasteiger partial charge in [0.25, 0.3) is 0 Å². The molecule has 84 valence electrons. The fraction of sp³-hybridized carbons (Fsp3) is 0.200. The van der Waals surface area contributed by atoms with E-state index in [1.165, 1.54) is 18.2 Å². The Kier molecular flexibility index (Phi) is 2.91. The summed E-state index contributed by atoms with van der Waals surface area (Å²) in [6.45, 7) is 0. The van der Waals surface area contributed by atoms with E-state index in [-0.39, 0.29) is 24.1 Å². The van der Waals surface area contributed by atoms with Gasteiger partial charge in [-0.05, 0) is 34.1 Å². The molecule has 16 heavy (non-hydrogen) atoms. The lowest BCUT2D eigenvalue weighted by atomic mass is 10.2. The quantitative estimate of drug-likeness (QED) is 0.809. The van der Waals surface area contributed by atoms with E-state index in [0.717, 1.165) is 0 Å². The first-order valence-electron chi connectivity index (χ1n) is 4.61. The van der Waals surface area contributed by atoms with Gasteiger partial charge in [0.05, 0.1) is 10.9 Å². The second-order valence-electron chi connectivity index (χ2n) is 3.44. The fourth-order valence-electron chi connectivity index (χ4n) is 1.46. The normalized spacial score (nSPS) is 19.8. The van der Waals surface area contributed by atoms with Crippen LogP contribution in [-0.2, 0) is 9.59 Å². The maximum absolute atomic E-state index is 12.9. The number of rotatable bonds is 2. The molecular weight excluding hydrogens is 279 g/mol. The van der Waals surface area contributed by atoms with Crippen molar-refractivity contribution in [2.24, 2.45) is 0 Å². The number of carbonyl (C=O) groups excluding carboxylic acids is 2. The minimum absolute atomic E-state index is 0.105. The molecule has 1 saturated heterocycles. The molecule has 0 spiro atoms. The molecule has 1 aromatic rings. The molecule has 1 heterocycles. The van der Waals surface area contributed by atoms with Crippen molar-refractivity contribution in [3.63, 3.8) is 0 Å². The largest absolute Gasteiger partial charge is 0.373 e. The molecule has 1 atom stereocenters. The summed E-state index contributed by atoms with van der Waals surface area (Å²) in [5.74, 6) is -1.04. The second kappa shape index (κ2) is 4.21. The zero-order valence-corrected chi connectivity index (χ0v) is 9.67. The molecule has 1 unspecified atom stereocenters. The van der Waals surface area contributed by atoms with Crippen LogP contribution in [0.25, 0.3) is 0 Å². The van der Waals surface area contributed by atoms with Gasteiger partial charge in [0, 0.05) is 5.69 Å². The molecule has 1 aliphatic rings. The lowest BCUT2D eigenvalue weighted by Gasteiger charge is -2.10. The molecule has 2 rings (SSSR count). The predicted octanol–water partition coefficient (Wildman–Crippen LogP) is 1.42. The van der Waals surface area contributed by atoms with E-state index in [2.05, 4.69) is 26.6 Å². The van der Waals surface area contributed by atoms with Gasteiger partial charge < -0.3 is 5.32 Å². The van der Waals surface area contributed by atoms with Gasteiger partial charge in [-0.3, -0.25) is 14.9 Å². The number of amides is 2. The molecular formula is C10H8BrFN2O2. The van der Waals surface area contributed by atoms with E-state index in [1.54, 1.807) is 0 Å². The SMILES string of the molecule is O=C1CC(Nc2ccc(F)c(Br)c2)C(=O)N1. The number of imide groups is 1. The summed E-state index contributed by atoms with van der Waals surface area (Å²) in [6.07, 6.45) is 0.105. The van der Waals surface area contributed by atoms with Crippen LogP contribution in [0.1, 0.15) is 6.42 Å². The van der Waals surface area contributed by atoms with Crippen LogP contribution in [0.15, 0.2) is 22.7 Å². The Morgan fingerprint density at radius 2 is 2.19 bits per heavy atom. The molecule has 4 nitrogen and oxygen atoms in total. The van der Waals surface area contributed by atoms with Crippen molar-refractivity contribution in [2.45, 2.75) is 12.5 Å². The van der Waals surface area contributed by atoms with Gasteiger partial charge in [0.1, 0.15) is 11.9 Å². The van der Waals surface area contributed by atoms with Gasteiger partial charge in [-0.15, -0.1) is 0 Å². The maximum Gasteiger partial charge on any atom is 0.249 e. The number of nitrogens with one attached hydrogen (secondary N) is 2. The highest BCUT2D eigenvalue weighted by molar-refractivity contribution is 9.10. The minimum atomic E-state index is -0.579. The molecule has 2 N–H and O–H groups in total. The molecule has 1 fully saturated rings. The monoisotopic (exact) mass is 286 g/mol. The van der Waals surface area contributed by atoms with Gasteiger partial charge in [-0.25, -0.2) is 4.39 Å². The number of hydrogen-bond donors (Lipinski definition) is 2. The molecule has 0 saturated carbocycles. The molecule has 1 aromatic carbocycles. The van der Waals surface area contributed by atoms with E-state index in [4.69, 9.17) is 0 Å². The topological polar surface area (TPSA) is 58.2 Å². The minimum Gasteiger partial charge on any atom is -0.373 e. The summed E-state index contributed by atoms with van der Waals surface area (Å²) in [7, 11) is 0. The fourth-order valence-corrected chi connectivity index (χ4v) is 1.84. The van der Waals surface area contributed by atoms with Crippen molar-refractivity contribution in [1.29, 1.82) is 0 Å². The van der Waals surface area contributed by atoms with Crippen LogP contribution in [0, 0.1) is 5.82 Å². The van der Waals surface area contributed by atoms with Crippen LogP contribution in [-0.4, -0.2) is 17.9 Å². The molecule has 1 aliphatic heterocycles. The average Bonchev–Trinajstić information content (AvgIpc) is 2.51. The lowest BCUT2D eigenvalue weighted by Crippen LogP contribution is -2.29. The van der Waals surface area contributed by atoms with E-state index in [9.17, 15) is 14.0 Å². The van der Waals surface area contributed by atoms with Gasteiger partial charge in [-0.2, -0.15) is 0 Å². The van der Waals surface area contributed by atoms with Gasteiger partial charge in [0.2, 0.25) is 11.8 Å². The summed E-state index contributed by atoms with van der Waals surface area (Å²) in [5, 5.41) is 5.05. The highest BCUT2D eigenvalue weighted by atomic mass is 79.9. The summed E-state index contributed by atoms with van der Waals surface area (Å²) < 4.78 is 13.3. The Labute approximate surface area is 99.3 Å². The Morgan fingerprint density at radius 1 is 1.44 bits per heavy atom. The second-order valence-corrected chi connectivity index (χ2v) is 4.30. The summed E-state index contributed by atoms with van der Waals surface area (Å²) >= 11 is 3.04. The van der Waals surface area contributed by atoms with Crippen molar-refractivity contribution in [2.75, 3.05) is 5.32 Å². The van der Waals surface area contributed by atoms with Crippen LogP contribution in [0.2, 0.25) is 0 Å². The first-order chi connectivity index (χ1) is 7.56. The predicted molar refractivity (Wildman–Crippen MR) is 59.3 cm³/mol. The number of hydrogen-bond acceptors (Lipinski definition) is 3. The van der Waals surface area contributed by atoms with Crippen LogP contribution in [0.5, 0.6) is 0 Å². The number of carbonyl (C=O) groups is 2. The Bertz CT molecular complexity index is 464. The van der Waals surface area contributed by atoms with Crippen LogP contribution >= 0.6 is 15.9 Å². The highest BCUT2D eigenvalue weighted by Crippen LogP contribution is 2.21. The maximum atomic E-state index is 12.9. The third kappa shape index (κ3) is 2.21. The van der Waals surface area contributed by atoms with E-state index >= 15 is 0 Å². The third-order valence-electron chi connectivity index (χ3n) is 2.23. The molecule has 0 aliphatic carbocycles. The highest BCUT2D eigenvalue weighted by Gasteiger charge is 2.30. The third-order valence-corrected chi connectivity index (χ3v) is 2.84. The van der Waals surface area contributed by atoms with Crippen molar-refractivity contribution in [3.05, 3.63) is 28.5 Å². The number of halogens is 2. The first kappa shape index (κ1) is 11.1. The van der Waals surface area contributed by atoms with E-state index in [1.807, 2.05) is 0 Å². The van der Waals surface area contributed by atoms with Crippen LogP contribution in [0.4, 0.5) is 10.1 Å². The zero-order valence-electron chi connectivity index (χ0n) is 8.09. The number of benzene rings is 1. The van der Waals surface area contributed by atoms with Gasteiger partial charge >= 0.3 is 0 Å². The van der Waals surface area contributed by atoms with Gasteiger partial charge in [-0.1, -0.05) is 0 Å². The van der Waals surface area contributed by atoms with Crippen LogP contribution < -0.4 is 10.6 Å².